The maximum absolute atomic E-state index is 12.2. The molecule has 2 aromatic carbocycles. The Labute approximate surface area is 177 Å². The molecule has 26 heavy (non-hydrogen) atoms. The standard InChI is InChI=1S/C19H24O5S.Na/c1-2-3-4-5-6-10-15-16(20)11-9-13-17(15)24-18-12-7-8-14-19(18)25(21,22)23;/h7-9,11-14,20H,2-6,10H2,1H3,(H,21,22,23);/q;+1/p-1. The van der Waals surface area contributed by atoms with Gasteiger partial charge in [0.15, 0.2) is 0 Å². The zero-order valence-electron chi connectivity index (χ0n) is 15.3. The van der Waals surface area contributed by atoms with E-state index in [1.165, 1.54) is 30.7 Å². The van der Waals surface area contributed by atoms with Crippen LogP contribution in [0.1, 0.15) is 44.6 Å². The van der Waals surface area contributed by atoms with Crippen molar-refractivity contribution >= 4 is 10.1 Å². The summed E-state index contributed by atoms with van der Waals surface area (Å²) >= 11 is 0. The van der Waals surface area contributed by atoms with Crippen molar-refractivity contribution in [2.75, 3.05) is 0 Å². The maximum Gasteiger partial charge on any atom is 1.00 e. The van der Waals surface area contributed by atoms with Crippen LogP contribution in [0.15, 0.2) is 47.4 Å². The van der Waals surface area contributed by atoms with Gasteiger partial charge in [0.25, 0.3) is 10.1 Å². The summed E-state index contributed by atoms with van der Waals surface area (Å²) in [5.74, 6) is 0.208. The van der Waals surface area contributed by atoms with Crippen molar-refractivity contribution in [1.29, 1.82) is 0 Å². The van der Waals surface area contributed by atoms with Gasteiger partial charge < -0.3 is 9.84 Å². The van der Waals surface area contributed by atoms with Gasteiger partial charge in [0, 0.05) is 0 Å². The van der Waals surface area contributed by atoms with E-state index in [1.807, 2.05) is 0 Å². The molecule has 136 valence electrons. The molecule has 0 bridgehead atoms. The maximum atomic E-state index is 12.2. The van der Waals surface area contributed by atoms with E-state index in [2.05, 4.69) is 6.92 Å². The smallest absolute Gasteiger partial charge is 0.872 e. The van der Waals surface area contributed by atoms with Gasteiger partial charge in [-0.05, 0) is 36.6 Å². The van der Waals surface area contributed by atoms with Crippen LogP contribution in [0.5, 0.6) is 17.2 Å². The molecule has 0 saturated carbocycles. The van der Waals surface area contributed by atoms with E-state index in [0.29, 0.717) is 17.7 Å². The SMILES string of the molecule is CCCCCCCc1c([O-])cccc1Oc1ccccc1S(=O)(=O)O.[Na+]. The second kappa shape index (κ2) is 10.9. The Bertz CT molecular complexity index is 805. The molecular weight excluding hydrogens is 363 g/mol. The molecule has 5 nitrogen and oxygen atoms in total. The van der Waals surface area contributed by atoms with E-state index in [9.17, 15) is 18.1 Å². The van der Waals surface area contributed by atoms with Crippen LogP contribution in [0.2, 0.25) is 0 Å². The molecule has 7 heteroatoms. The third-order valence-corrected chi connectivity index (χ3v) is 4.86. The van der Waals surface area contributed by atoms with Crippen molar-refractivity contribution in [3.8, 4) is 17.2 Å². The molecule has 0 spiro atoms. The van der Waals surface area contributed by atoms with Crippen molar-refractivity contribution < 1.29 is 52.4 Å². The van der Waals surface area contributed by atoms with E-state index in [0.717, 1.165) is 25.7 Å². The number of ether oxygens (including phenoxy) is 1. The first-order chi connectivity index (χ1) is 11.9. The van der Waals surface area contributed by atoms with Crippen LogP contribution in [0.25, 0.3) is 0 Å². The Morgan fingerprint density at radius 3 is 2.31 bits per heavy atom. The van der Waals surface area contributed by atoms with Crippen molar-refractivity contribution in [3.05, 3.63) is 48.0 Å². The first-order valence-corrected chi connectivity index (χ1v) is 9.90. The molecule has 0 aliphatic carbocycles. The zero-order valence-corrected chi connectivity index (χ0v) is 18.1. The van der Waals surface area contributed by atoms with E-state index in [-0.39, 0.29) is 46.0 Å². The summed E-state index contributed by atoms with van der Waals surface area (Å²) in [6.07, 6.45) is 5.92. The molecule has 0 aromatic heterocycles. The fourth-order valence-electron chi connectivity index (χ4n) is 2.66. The van der Waals surface area contributed by atoms with E-state index >= 15 is 0 Å². The Balaban J connectivity index is 0.00000338. The van der Waals surface area contributed by atoms with Gasteiger partial charge in [0.2, 0.25) is 0 Å². The van der Waals surface area contributed by atoms with Crippen LogP contribution < -0.4 is 39.4 Å². The minimum atomic E-state index is -4.41. The normalized spacial score (nSPS) is 11.0. The molecule has 0 saturated heterocycles. The second-order valence-corrected chi connectivity index (χ2v) is 7.31. The molecule has 2 rings (SSSR count). The van der Waals surface area contributed by atoms with Crippen molar-refractivity contribution in [3.63, 3.8) is 0 Å². The van der Waals surface area contributed by atoms with Crippen molar-refractivity contribution in [2.45, 2.75) is 50.3 Å². The van der Waals surface area contributed by atoms with Gasteiger partial charge in [-0.15, -0.1) is 5.75 Å². The van der Waals surface area contributed by atoms with Crippen molar-refractivity contribution in [1.82, 2.24) is 0 Å². The number of para-hydroxylation sites is 1. The number of hydrogen-bond acceptors (Lipinski definition) is 4. The van der Waals surface area contributed by atoms with Gasteiger partial charge in [-0.2, -0.15) is 8.42 Å². The molecule has 0 radical (unpaired) electrons. The number of rotatable bonds is 9. The van der Waals surface area contributed by atoms with Crippen LogP contribution in [0.4, 0.5) is 0 Å². The van der Waals surface area contributed by atoms with Gasteiger partial charge >= 0.3 is 29.6 Å². The molecule has 0 aliphatic heterocycles. The first kappa shape index (κ1) is 23.0. The van der Waals surface area contributed by atoms with Crippen LogP contribution in [0, 0.1) is 0 Å². The number of benzene rings is 2. The fourth-order valence-corrected chi connectivity index (χ4v) is 3.27. The minimum absolute atomic E-state index is 0. The molecule has 0 aliphatic rings. The molecule has 2 aromatic rings. The summed E-state index contributed by atoms with van der Waals surface area (Å²) in [7, 11) is -4.41. The summed E-state index contributed by atoms with van der Waals surface area (Å²) in [5.41, 5.74) is 0.532. The fraction of sp³-hybridized carbons (Fsp3) is 0.368. The average Bonchev–Trinajstić information content (AvgIpc) is 2.56. The van der Waals surface area contributed by atoms with E-state index < -0.39 is 10.1 Å². The average molecular weight is 386 g/mol. The van der Waals surface area contributed by atoms with E-state index in [4.69, 9.17) is 4.74 Å². The molecule has 0 unspecified atom stereocenters. The predicted molar refractivity (Wildman–Crippen MR) is 94.7 cm³/mol. The second-order valence-electron chi connectivity index (χ2n) is 5.92. The van der Waals surface area contributed by atoms with Crippen LogP contribution >= 0.6 is 0 Å². The third kappa shape index (κ3) is 6.59. The minimum Gasteiger partial charge on any atom is -0.872 e. The topological polar surface area (TPSA) is 86.7 Å². The summed E-state index contributed by atoms with van der Waals surface area (Å²) in [6, 6.07) is 10.5. The Morgan fingerprint density at radius 1 is 0.962 bits per heavy atom. The number of unbranched alkanes of at least 4 members (excludes halogenated alkanes) is 4. The molecule has 0 atom stereocenters. The predicted octanol–water partition coefficient (Wildman–Crippen LogP) is 1.32. The van der Waals surface area contributed by atoms with Gasteiger partial charge in [-0.1, -0.05) is 56.9 Å². The zero-order chi connectivity index (χ0) is 18.3. The van der Waals surface area contributed by atoms with Gasteiger partial charge in [-0.3, -0.25) is 4.55 Å². The summed E-state index contributed by atoms with van der Waals surface area (Å²) in [4.78, 5) is -0.319. The molecule has 1 N–H and O–H groups in total. The molecule has 0 amide bonds. The molecule has 0 fully saturated rings. The molecular formula is C19H23NaO5S. The Hall–Kier alpha value is -1.05. The van der Waals surface area contributed by atoms with Crippen molar-refractivity contribution in [2.24, 2.45) is 0 Å². The van der Waals surface area contributed by atoms with Gasteiger partial charge in [0.1, 0.15) is 16.4 Å². The number of hydrogen-bond donors (Lipinski definition) is 1. The van der Waals surface area contributed by atoms with Gasteiger partial charge in [0.05, 0.1) is 0 Å². The summed E-state index contributed by atoms with van der Waals surface area (Å²) in [5, 5.41) is 12.2. The van der Waals surface area contributed by atoms with Gasteiger partial charge in [-0.25, -0.2) is 0 Å². The largest absolute Gasteiger partial charge is 1.00 e. The Morgan fingerprint density at radius 2 is 1.62 bits per heavy atom. The quantitative estimate of drug-likeness (QED) is 0.399. The summed E-state index contributed by atoms with van der Waals surface area (Å²) in [6.45, 7) is 2.14. The third-order valence-electron chi connectivity index (χ3n) is 3.97. The molecule has 0 heterocycles. The van der Waals surface area contributed by atoms with Crippen LogP contribution in [0.3, 0.4) is 0 Å². The monoisotopic (exact) mass is 386 g/mol. The Kier molecular flexibility index (Phi) is 9.68. The first-order valence-electron chi connectivity index (χ1n) is 8.46. The van der Waals surface area contributed by atoms with Crippen LogP contribution in [-0.4, -0.2) is 13.0 Å². The van der Waals surface area contributed by atoms with E-state index in [1.54, 1.807) is 18.2 Å². The van der Waals surface area contributed by atoms with Crippen LogP contribution in [-0.2, 0) is 16.5 Å². The summed E-state index contributed by atoms with van der Waals surface area (Å²) < 4.78 is 38.0.